The van der Waals surface area contributed by atoms with Gasteiger partial charge in [0.05, 0.1) is 7.11 Å². The zero-order valence-corrected chi connectivity index (χ0v) is 16.1. The molecule has 0 radical (unpaired) electrons. The Bertz CT molecular complexity index is 722. The maximum atomic E-state index is 5.25. The molecule has 0 atom stereocenters. The minimum absolute atomic E-state index is 0.563. The van der Waals surface area contributed by atoms with E-state index in [0.717, 1.165) is 43.6 Å². The molecule has 1 saturated carbocycles. The van der Waals surface area contributed by atoms with Gasteiger partial charge >= 0.3 is 0 Å². The molecule has 2 aliphatic rings. The van der Waals surface area contributed by atoms with Crippen molar-refractivity contribution in [3.05, 3.63) is 36.7 Å². The molecular formula is C21H29N5O. The summed E-state index contributed by atoms with van der Waals surface area (Å²) in [7, 11) is 1.70. The number of rotatable bonds is 5. The van der Waals surface area contributed by atoms with Gasteiger partial charge < -0.3 is 19.9 Å². The van der Waals surface area contributed by atoms with E-state index in [1.54, 1.807) is 13.4 Å². The van der Waals surface area contributed by atoms with E-state index in [9.17, 15) is 0 Å². The van der Waals surface area contributed by atoms with Gasteiger partial charge in [0.2, 0.25) is 0 Å². The van der Waals surface area contributed by atoms with E-state index in [1.165, 1.54) is 37.8 Å². The Kier molecular flexibility index (Phi) is 5.61. The van der Waals surface area contributed by atoms with Crippen LogP contribution in [0.2, 0.25) is 0 Å². The molecule has 0 bridgehead atoms. The normalized spacial score (nSPS) is 18.4. The largest absolute Gasteiger partial charge is 0.497 e. The number of piperazine rings is 1. The van der Waals surface area contributed by atoms with Crippen LogP contribution in [-0.4, -0.2) is 49.3 Å². The molecule has 6 nitrogen and oxygen atoms in total. The third-order valence-electron chi connectivity index (χ3n) is 5.65. The summed E-state index contributed by atoms with van der Waals surface area (Å²) in [5, 5.41) is 3.61. The lowest BCUT2D eigenvalue weighted by Gasteiger charge is -2.36. The van der Waals surface area contributed by atoms with Crippen molar-refractivity contribution >= 4 is 17.3 Å². The average molecular weight is 367 g/mol. The van der Waals surface area contributed by atoms with Gasteiger partial charge in [0.15, 0.2) is 0 Å². The van der Waals surface area contributed by atoms with E-state index in [-0.39, 0.29) is 0 Å². The molecular weight excluding hydrogens is 338 g/mol. The summed E-state index contributed by atoms with van der Waals surface area (Å²) in [4.78, 5) is 13.7. The molecule has 1 aliphatic carbocycles. The molecule has 1 aliphatic heterocycles. The lowest BCUT2D eigenvalue weighted by Crippen LogP contribution is -2.46. The van der Waals surface area contributed by atoms with E-state index >= 15 is 0 Å². The Labute approximate surface area is 161 Å². The lowest BCUT2D eigenvalue weighted by atomic mass is 9.95. The third kappa shape index (κ3) is 4.43. The van der Waals surface area contributed by atoms with Crippen molar-refractivity contribution in [3.63, 3.8) is 0 Å². The molecule has 1 aromatic carbocycles. The van der Waals surface area contributed by atoms with Gasteiger partial charge in [-0.05, 0) is 37.1 Å². The summed E-state index contributed by atoms with van der Waals surface area (Å²) in [5.41, 5.74) is 1.25. The first-order chi connectivity index (χ1) is 13.3. The molecule has 1 aromatic heterocycles. The predicted octanol–water partition coefficient (Wildman–Crippen LogP) is 3.56. The fraction of sp³-hybridized carbons (Fsp3) is 0.524. The van der Waals surface area contributed by atoms with Crippen molar-refractivity contribution in [3.8, 4) is 5.75 Å². The number of methoxy groups -OCH3 is 1. The van der Waals surface area contributed by atoms with E-state index in [2.05, 4.69) is 43.3 Å². The van der Waals surface area contributed by atoms with Gasteiger partial charge in [0.1, 0.15) is 23.7 Å². The second-order valence-electron chi connectivity index (χ2n) is 7.41. The van der Waals surface area contributed by atoms with Crippen LogP contribution in [0.4, 0.5) is 17.3 Å². The lowest BCUT2D eigenvalue weighted by molar-refractivity contribution is 0.415. The highest BCUT2D eigenvalue weighted by Gasteiger charge is 2.19. The molecule has 2 fully saturated rings. The Morgan fingerprint density at radius 2 is 1.63 bits per heavy atom. The van der Waals surface area contributed by atoms with E-state index in [1.807, 2.05) is 12.1 Å². The molecule has 27 heavy (non-hydrogen) atoms. The molecule has 2 aromatic rings. The molecule has 1 saturated heterocycles. The highest BCUT2D eigenvalue weighted by atomic mass is 16.5. The fourth-order valence-electron chi connectivity index (χ4n) is 4.04. The van der Waals surface area contributed by atoms with E-state index in [4.69, 9.17) is 4.74 Å². The summed E-state index contributed by atoms with van der Waals surface area (Å²) in [6, 6.07) is 11.0. The number of hydrogen-bond acceptors (Lipinski definition) is 6. The van der Waals surface area contributed by atoms with Gasteiger partial charge in [0, 0.05) is 44.0 Å². The van der Waals surface area contributed by atoms with Crippen LogP contribution in [0, 0.1) is 0 Å². The molecule has 0 unspecified atom stereocenters. The van der Waals surface area contributed by atoms with Crippen molar-refractivity contribution in [2.75, 3.05) is 48.4 Å². The van der Waals surface area contributed by atoms with Gasteiger partial charge in [-0.15, -0.1) is 0 Å². The Morgan fingerprint density at radius 3 is 2.33 bits per heavy atom. The SMILES string of the molecule is COc1ccc(N2CCN(c3cc(NC4CCCCC4)ncn3)CC2)cc1. The van der Waals surface area contributed by atoms with Crippen LogP contribution in [0.1, 0.15) is 32.1 Å². The number of hydrogen-bond donors (Lipinski definition) is 1. The molecule has 4 rings (SSSR count). The van der Waals surface area contributed by atoms with Crippen LogP contribution in [0.25, 0.3) is 0 Å². The first kappa shape index (κ1) is 17.9. The zero-order chi connectivity index (χ0) is 18.5. The maximum Gasteiger partial charge on any atom is 0.134 e. The van der Waals surface area contributed by atoms with Crippen molar-refractivity contribution in [2.24, 2.45) is 0 Å². The maximum absolute atomic E-state index is 5.25. The fourth-order valence-corrected chi connectivity index (χ4v) is 4.04. The monoisotopic (exact) mass is 367 g/mol. The number of nitrogens with zero attached hydrogens (tertiary/aromatic N) is 4. The standard InChI is InChI=1S/C21H29N5O/c1-27-19-9-7-18(8-10-19)25-11-13-26(14-12-25)21-15-20(22-16-23-21)24-17-5-3-2-4-6-17/h7-10,15-17H,2-6,11-14H2,1H3,(H,22,23,24). The van der Waals surface area contributed by atoms with Crippen LogP contribution in [0.3, 0.4) is 0 Å². The second-order valence-corrected chi connectivity index (χ2v) is 7.41. The van der Waals surface area contributed by atoms with Crippen molar-refractivity contribution in [1.29, 1.82) is 0 Å². The summed E-state index contributed by atoms with van der Waals surface area (Å²) in [6.45, 7) is 3.90. The summed E-state index contributed by atoms with van der Waals surface area (Å²) in [6.07, 6.45) is 8.20. The van der Waals surface area contributed by atoms with E-state index in [0.29, 0.717) is 6.04 Å². The van der Waals surface area contributed by atoms with E-state index < -0.39 is 0 Å². The van der Waals surface area contributed by atoms with Crippen molar-refractivity contribution in [1.82, 2.24) is 9.97 Å². The van der Waals surface area contributed by atoms with Gasteiger partial charge in [-0.2, -0.15) is 0 Å². The van der Waals surface area contributed by atoms with Gasteiger partial charge in [0.25, 0.3) is 0 Å². The summed E-state index contributed by atoms with van der Waals surface area (Å²) >= 11 is 0. The second kappa shape index (κ2) is 8.46. The quantitative estimate of drug-likeness (QED) is 0.872. The number of ether oxygens (including phenoxy) is 1. The minimum atomic E-state index is 0.563. The first-order valence-electron chi connectivity index (χ1n) is 10.0. The number of benzene rings is 1. The molecule has 2 heterocycles. The predicted molar refractivity (Wildman–Crippen MR) is 110 cm³/mol. The summed E-state index contributed by atoms with van der Waals surface area (Å²) < 4.78 is 5.25. The highest BCUT2D eigenvalue weighted by Crippen LogP contribution is 2.24. The minimum Gasteiger partial charge on any atom is -0.497 e. The van der Waals surface area contributed by atoms with Crippen LogP contribution >= 0.6 is 0 Å². The van der Waals surface area contributed by atoms with Crippen LogP contribution < -0.4 is 19.9 Å². The molecule has 0 amide bonds. The summed E-state index contributed by atoms with van der Waals surface area (Å²) in [5.74, 6) is 2.89. The Hall–Kier alpha value is -2.50. The Balaban J connectivity index is 1.35. The van der Waals surface area contributed by atoms with Crippen LogP contribution in [0.5, 0.6) is 5.75 Å². The van der Waals surface area contributed by atoms with Gasteiger partial charge in [-0.3, -0.25) is 0 Å². The Morgan fingerprint density at radius 1 is 0.926 bits per heavy atom. The highest BCUT2D eigenvalue weighted by molar-refractivity contribution is 5.53. The van der Waals surface area contributed by atoms with Crippen LogP contribution in [0.15, 0.2) is 36.7 Å². The molecule has 6 heteroatoms. The van der Waals surface area contributed by atoms with Crippen LogP contribution in [-0.2, 0) is 0 Å². The molecule has 1 N–H and O–H groups in total. The first-order valence-corrected chi connectivity index (χ1v) is 10.0. The number of anilines is 3. The van der Waals surface area contributed by atoms with Gasteiger partial charge in [-0.1, -0.05) is 19.3 Å². The zero-order valence-electron chi connectivity index (χ0n) is 16.1. The van der Waals surface area contributed by atoms with Crippen molar-refractivity contribution < 1.29 is 4.74 Å². The number of aromatic nitrogens is 2. The van der Waals surface area contributed by atoms with Gasteiger partial charge in [-0.25, -0.2) is 9.97 Å². The third-order valence-corrected chi connectivity index (χ3v) is 5.65. The topological polar surface area (TPSA) is 53.5 Å². The molecule has 144 valence electrons. The smallest absolute Gasteiger partial charge is 0.134 e. The average Bonchev–Trinajstić information content (AvgIpc) is 2.75. The van der Waals surface area contributed by atoms with Crippen molar-refractivity contribution in [2.45, 2.75) is 38.1 Å². The molecule has 0 spiro atoms. The number of nitrogens with one attached hydrogen (secondary N) is 1.